The Kier molecular flexibility index (Phi) is 9.24. The quantitative estimate of drug-likeness (QED) is 0.147. The van der Waals surface area contributed by atoms with E-state index in [-0.39, 0.29) is 0 Å². The molecule has 0 atom stereocenters. The predicted molar refractivity (Wildman–Crippen MR) is 244 cm³/mol. The second-order valence-electron chi connectivity index (χ2n) is 14.8. The van der Waals surface area contributed by atoms with E-state index in [1.807, 2.05) is 18.5 Å². The van der Waals surface area contributed by atoms with Gasteiger partial charge in [0, 0.05) is 52.0 Å². The number of hydrogen-bond acceptors (Lipinski definition) is 3. The molecule has 10 aromatic rings. The number of nitrogens with zero attached hydrogens (tertiary/aromatic N) is 5. The molecule has 0 N–H and O–H groups in total. The summed E-state index contributed by atoms with van der Waals surface area (Å²) in [6, 6.07) is 68.9. The Hall–Kier alpha value is -7.76. The smallest absolute Gasteiger partial charge is 0.144 e. The Morgan fingerprint density at radius 1 is 0.475 bits per heavy atom. The number of rotatable bonds is 9. The van der Waals surface area contributed by atoms with Crippen LogP contribution < -0.4 is 4.90 Å². The van der Waals surface area contributed by atoms with Crippen molar-refractivity contribution < 1.29 is 0 Å². The fourth-order valence-corrected chi connectivity index (χ4v) is 8.53. The molecule has 0 spiro atoms. The molecule has 0 aliphatic heterocycles. The van der Waals surface area contributed by atoms with Gasteiger partial charge < -0.3 is 4.90 Å². The van der Waals surface area contributed by atoms with E-state index in [1.165, 1.54) is 16.7 Å². The molecule has 0 fully saturated rings. The van der Waals surface area contributed by atoms with Gasteiger partial charge in [0.1, 0.15) is 11.6 Å². The van der Waals surface area contributed by atoms with Gasteiger partial charge >= 0.3 is 0 Å². The summed E-state index contributed by atoms with van der Waals surface area (Å²) in [5, 5.41) is 1.14. The van der Waals surface area contributed by atoms with Crippen LogP contribution in [0.15, 0.2) is 213 Å². The van der Waals surface area contributed by atoms with E-state index in [2.05, 4.69) is 222 Å². The standard InChI is InChI=1S/C54H41N5/c1-38-18-16-19-39(2)52(38)57-35-34-56-54(57)43-26-17-27-44(36-43)58(48-29-13-12-28-46(48)40-20-6-3-7-21-40)45-31-32-47-49(37-45)59(50-30-14-15-33-55-50)53(42-24-10-5-11-25-42)51(47)41-22-8-4-9-23-41/h3-37H,1-2H3. The minimum atomic E-state index is 0.854. The molecule has 0 amide bonds. The normalized spacial score (nSPS) is 11.2. The lowest BCUT2D eigenvalue weighted by atomic mass is 9.98. The molecule has 0 radical (unpaired) electrons. The first-order valence-electron chi connectivity index (χ1n) is 20.0. The molecule has 0 saturated heterocycles. The van der Waals surface area contributed by atoms with Gasteiger partial charge in [-0.25, -0.2) is 9.97 Å². The lowest BCUT2D eigenvalue weighted by Crippen LogP contribution is -2.12. The maximum atomic E-state index is 4.96. The maximum absolute atomic E-state index is 4.96. The van der Waals surface area contributed by atoms with Crippen molar-refractivity contribution in [1.29, 1.82) is 0 Å². The van der Waals surface area contributed by atoms with E-state index >= 15 is 0 Å². The van der Waals surface area contributed by atoms with Crippen LogP contribution in [0.5, 0.6) is 0 Å². The Bertz CT molecular complexity index is 3040. The highest BCUT2D eigenvalue weighted by Gasteiger charge is 2.25. The van der Waals surface area contributed by atoms with E-state index in [0.717, 1.165) is 78.8 Å². The summed E-state index contributed by atoms with van der Waals surface area (Å²) in [4.78, 5) is 12.3. The fraction of sp³-hybridized carbons (Fsp3) is 0.0370. The van der Waals surface area contributed by atoms with Crippen LogP contribution in [0.1, 0.15) is 11.1 Å². The molecule has 59 heavy (non-hydrogen) atoms. The zero-order valence-corrected chi connectivity index (χ0v) is 32.9. The highest BCUT2D eigenvalue weighted by molar-refractivity contribution is 6.07. The maximum Gasteiger partial charge on any atom is 0.144 e. The summed E-state index contributed by atoms with van der Waals surface area (Å²) in [5.41, 5.74) is 15.5. The SMILES string of the molecule is Cc1cccc(C)c1-n1ccnc1-c1cccc(N(c2ccc3c(-c4ccccc4)c(-c4ccccc4)n(-c4ccccn4)c3c2)c2ccccc2-c2ccccc2)c1. The average molecular weight is 760 g/mol. The van der Waals surface area contributed by atoms with Gasteiger partial charge in [-0.2, -0.15) is 0 Å². The first-order valence-corrected chi connectivity index (χ1v) is 20.0. The van der Waals surface area contributed by atoms with Crippen LogP contribution in [-0.2, 0) is 0 Å². The van der Waals surface area contributed by atoms with Gasteiger partial charge in [0.2, 0.25) is 0 Å². The van der Waals surface area contributed by atoms with Crippen LogP contribution in [0, 0.1) is 13.8 Å². The predicted octanol–water partition coefficient (Wildman–Crippen LogP) is 14.0. The first-order chi connectivity index (χ1) is 29.1. The van der Waals surface area contributed by atoms with Crippen molar-refractivity contribution >= 4 is 28.0 Å². The molecule has 0 aliphatic rings. The summed E-state index contributed by atoms with van der Waals surface area (Å²) in [6.45, 7) is 4.32. The summed E-state index contributed by atoms with van der Waals surface area (Å²) in [7, 11) is 0. The highest BCUT2D eigenvalue weighted by atomic mass is 15.2. The molecule has 3 aromatic heterocycles. The van der Waals surface area contributed by atoms with Gasteiger partial charge in [0.05, 0.1) is 22.6 Å². The van der Waals surface area contributed by atoms with Gasteiger partial charge in [-0.15, -0.1) is 0 Å². The monoisotopic (exact) mass is 759 g/mol. The van der Waals surface area contributed by atoms with Crippen molar-refractivity contribution in [2.45, 2.75) is 13.8 Å². The summed E-state index contributed by atoms with van der Waals surface area (Å²) >= 11 is 0. The molecule has 5 nitrogen and oxygen atoms in total. The topological polar surface area (TPSA) is 38.9 Å². The van der Waals surface area contributed by atoms with Gasteiger partial charge in [0.15, 0.2) is 0 Å². The zero-order valence-electron chi connectivity index (χ0n) is 32.9. The van der Waals surface area contributed by atoms with Crippen molar-refractivity contribution in [2.75, 3.05) is 4.90 Å². The molecular weight excluding hydrogens is 719 g/mol. The minimum absolute atomic E-state index is 0.854. The zero-order chi connectivity index (χ0) is 39.7. The Morgan fingerprint density at radius 2 is 1.10 bits per heavy atom. The largest absolute Gasteiger partial charge is 0.310 e. The molecule has 0 unspecified atom stereocenters. The van der Waals surface area contributed by atoms with Crippen LogP contribution >= 0.6 is 0 Å². The molecule has 282 valence electrons. The van der Waals surface area contributed by atoms with Crippen molar-refractivity contribution in [3.05, 3.63) is 224 Å². The van der Waals surface area contributed by atoms with Crippen molar-refractivity contribution in [2.24, 2.45) is 0 Å². The number of hydrogen-bond donors (Lipinski definition) is 0. The van der Waals surface area contributed by atoms with Gasteiger partial charge in [-0.05, 0) is 84.1 Å². The average Bonchev–Trinajstić information content (AvgIpc) is 3.91. The number of para-hydroxylation sites is 2. The third-order valence-electron chi connectivity index (χ3n) is 11.1. The molecule has 0 saturated carbocycles. The van der Waals surface area contributed by atoms with E-state index in [9.17, 15) is 0 Å². The van der Waals surface area contributed by atoms with Crippen LogP contribution in [0.25, 0.3) is 67.3 Å². The van der Waals surface area contributed by atoms with Crippen molar-refractivity contribution in [3.8, 4) is 56.4 Å². The molecule has 0 bridgehead atoms. The highest BCUT2D eigenvalue weighted by Crippen LogP contribution is 2.47. The fourth-order valence-electron chi connectivity index (χ4n) is 8.53. The molecule has 0 aliphatic carbocycles. The van der Waals surface area contributed by atoms with Crippen LogP contribution in [0.4, 0.5) is 17.1 Å². The molecular formula is C54H41N5. The Labute approximate surface area is 344 Å². The van der Waals surface area contributed by atoms with Gasteiger partial charge in [-0.3, -0.25) is 9.13 Å². The third kappa shape index (κ3) is 6.49. The number of aryl methyl sites for hydroxylation is 2. The number of pyridine rings is 1. The summed E-state index contributed by atoms with van der Waals surface area (Å²) < 4.78 is 4.55. The van der Waals surface area contributed by atoms with E-state index in [0.29, 0.717) is 0 Å². The summed E-state index contributed by atoms with van der Waals surface area (Å²) in [5.74, 6) is 1.74. The van der Waals surface area contributed by atoms with E-state index in [4.69, 9.17) is 9.97 Å². The number of benzene rings is 7. The van der Waals surface area contributed by atoms with Crippen LogP contribution in [0.2, 0.25) is 0 Å². The lowest BCUT2D eigenvalue weighted by molar-refractivity contribution is 1.03. The number of fused-ring (bicyclic) bond motifs is 1. The van der Waals surface area contributed by atoms with Crippen molar-refractivity contribution in [1.82, 2.24) is 19.1 Å². The van der Waals surface area contributed by atoms with Crippen LogP contribution in [0.3, 0.4) is 0 Å². The van der Waals surface area contributed by atoms with E-state index < -0.39 is 0 Å². The lowest BCUT2D eigenvalue weighted by Gasteiger charge is -2.28. The number of anilines is 3. The number of aromatic nitrogens is 4. The second-order valence-corrected chi connectivity index (χ2v) is 14.8. The third-order valence-corrected chi connectivity index (χ3v) is 11.1. The second kappa shape index (κ2) is 15.3. The van der Waals surface area contributed by atoms with Gasteiger partial charge in [0.25, 0.3) is 0 Å². The Balaban J connectivity index is 1.25. The minimum Gasteiger partial charge on any atom is -0.310 e. The molecule has 3 heterocycles. The molecule has 7 aromatic carbocycles. The summed E-state index contributed by atoms with van der Waals surface area (Å²) in [6.07, 6.45) is 5.83. The van der Waals surface area contributed by atoms with Gasteiger partial charge in [-0.1, -0.05) is 152 Å². The Morgan fingerprint density at radius 3 is 1.83 bits per heavy atom. The molecule has 10 rings (SSSR count). The van der Waals surface area contributed by atoms with E-state index in [1.54, 1.807) is 0 Å². The first kappa shape index (κ1) is 35.6. The molecule has 5 heteroatoms. The van der Waals surface area contributed by atoms with Crippen LogP contribution in [-0.4, -0.2) is 19.1 Å². The van der Waals surface area contributed by atoms with Crippen molar-refractivity contribution in [3.63, 3.8) is 0 Å². The number of imidazole rings is 1.